The number of nitrogens with zero attached hydrogens (tertiary/aromatic N) is 2. The van der Waals surface area contributed by atoms with Gasteiger partial charge >= 0.3 is 0 Å². The van der Waals surface area contributed by atoms with Crippen LogP contribution in [0.3, 0.4) is 0 Å². The van der Waals surface area contributed by atoms with E-state index in [0.717, 1.165) is 54.6 Å². The molecule has 3 heterocycles. The summed E-state index contributed by atoms with van der Waals surface area (Å²) in [5, 5.41) is 3.04. The Morgan fingerprint density at radius 1 is 1.39 bits per heavy atom. The lowest BCUT2D eigenvalue weighted by Crippen LogP contribution is -2.44. The second-order valence-electron chi connectivity index (χ2n) is 5.82. The van der Waals surface area contributed by atoms with Crippen molar-refractivity contribution >= 4 is 28.6 Å². The highest BCUT2D eigenvalue weighted by Crippen LogP contribution is 2.24. The lowest BCUT2D eigenvalue weighted by Gasteiger charge is -2.34. The Morgan fingerprint density at radius 2 is 2.17 bits per heavy atom. The number of carbonyl (C=O) groups excluding carboxylic acids is 1. The first-order valence-corrected chi connectivity index (χ1v) is 9.70. The van der Waals surface area contributed by atoms with Gasteiger partial charge in [-0.2, -0.15) is 0 Å². The molecule has 6 heteroatoms. The van der Waals surface area contributed by atoms with Gasteiger partial charge in [0.05, 0.1) is 10.7 Å². The molecular weight excluding hydrogens is 328 g/mol. The molecule has 23 heavy (non-hydrogen) atoms. The predicted molar refractivity (Wildman–Crippen MR) is 94.5 cm³/mol. The number of carbonyl (C=O) groups is 1. The molecule has 124 valence electrons. The first-order valence-electron chi connectivity index (χ1n) is 8.00. The zero-order valence-corrected chi connectivity index (χ0v) is 15.2. The molecule has 1 aliphatic rings. The summed E-state index contributed by atoms with van der Waals surface area (Å²) in [5.41, 5.74) is 0.852. The van der Waals surface area contributed by atoms with Crippen molar-refractivity contribution in [1.29, 1.82) is 0 Å². The molecule has 0 aromatic carbocycles. The fourth-order valence-corrected chi connectivity index (χ4v) is 4.57. The van der Waals surface area contributed by atoms with Crippen LogP contribution >= 0.6 is 22.7 Å². The van der Waals surface area contributed by atoms with Gasteiger partial charge in [0.1, 0.15) is 4.88 Å². The maximum Gasteiger partial charge on any atom is 0.266 e. The molecule has 2 aromatic heterocycles. The van der Waals surface area contributed by atoms with Crippen LogP contribution in [0.4, 0.5) is 0 Å². The fraction of sp³-hybridized carbons (Fsp3) is 0.529. The van der Waals surface area contributed by atoms with Crippen molar-refractivity contribution in [1.82, 2.24) is 9.88 Å². The number of aryl methyl sites for hydroxylation is 2. The number of aromatic nitrogens is 1. The van der Waals surface area contributed by atoms with Crippen molar-refractivity contribution in [3.05, 3.63) is 38.0 Å². The Hall–Kier alpha value is -1.24. The normalized spacial score (nSPS) is 15.7. The van der Waals surface area contributed by atoms with E-state index >= 15 is 0 Å². The summed E-state index contributed by atoms with van der Waals surface area (Å²) in [6, 6.07) is 4.48. The zero-order chi connectivity index (χ0) is 16.2. The smallest absolute Gasteiger partial charge is 0.266 e. The number of amides is 1. The molecule has 0 bridgehead atoms. The molecule has 1 aliphatic heterocycles. The Morgan fingerprint density at radius 3 is 2.78 bits per heavy atom. The number of rotatable bonds is 5. The highest BCUT2D eigenvalue weighted by atomic mass is 32.1. The number of thiophene rings is 1. The lowest BCUT2D eigenvalue weighted by atomic mass is 10.1. The van der Waals surface area contributed by atoms with Gasteiger partial charge in [0.15, 0.2) is 0 Å². The van der Waals surface area contributed by atoms with Gasteiger partial charge in [0, 0.05) is 30.7 Å². The van der Waals surface area contributed by atoms with Crippen molar-refractivity contribution in [3.8, 4) is 0 Å². The van der Waals surface area contributed by atoms with Gasteiger partial charge in [-0.05, 0) is 44.6 Å². The molecule has 0 atom stereocenters. The third-order valence-electron chi connectivity index (χ3n) is 4.17. The second kappa shape index (κ2) is 7.55. The average molecular weight is 351 g/mol. The van der Waals surface area contributed by atoms with Crippen molar-refractivity contribution < 1.29 is 9.53 Å². The van der Waals surface area contributed by atoms with Crippen molar-refractivity contribution in [2.75, 3.05) is 19.8 Å². The van der Waals surface area contributed by atoms with Crippen LogP contribution in [0.15, 0.2) is 17.5 Å². The fourth-order valence-electron chi connectivity index (χ4n) is 2.99. The molecule has 0 spiro atoms. The van der Waals surface area contributed by atoms with Crippen LogP contribution < -0.4 is 0 Å². The van der Waals surface area contributed by atoms with Gasteiger partial charge in [-0.1, -0.05) is 6.07 Å². The summed E-state index contributed by atoms with van der Waals surface area (Å²) in [5.74, 6) is 0.136. The summed E-state index contributed by atoms with van der Waals surface area (Å²) in [4.78, 5) is 21.7. The lowest BCUT2D eigenvalue weighted by molar-refractivity contribution is 0.0296. The minimum atomic E-state index is 0.136. The zero-order valence-electron chi connectivity index (χ0n) is 13.6. The number of hydrogen-bond acceptors (Lipinski definition) is 5. The average Bonchev–Trinajstić information content (AvgIpc) is 3.18. The van der Waals surface area contributed by atoms with Crippen LogP contribution in [0.5, 0.6) is 0 Å². The highest BCUT2D eigenvalue weighted by molar-refractivity contribution is 7.13. The second-order valence-corrected chi connectivity index (χ2v) is 8.05. The molecule has 1 fully saturated rings. The van der Waals surface area contributed by atoms with E-state index in [9.17, 15) is 4.79 Å². The SMILES string of the molecule is Cc1nc(C)c(C(=O)N(CCc2cccs2)C2CCOCC2)s1. The largest absolute Gasteiger partial charge is 0.381 e. The van der Waals surface area contributed by atoms with Crippen LogP contribution in [-0.4, -0.2) is 41.6 Å². The standard InChI is InChI=1S/C17H22N2O2S2/c1-12-16(23-13(2)18-12)17(20)19(14-6-9-21-10-7-14)8-5-15-4-3-11-22-15/h3-4,11,14H,5-10H2,1-2H3. The summed E-state index contributed by atoms with van der Waals surface area (Å²) in [6.45, 7) is 6.14. The van der Waals surface area contributed by atoms with Gasteiger partial charge in [-0.15, -0.1) is 22.7 Å². The van der Waals surface area contributed by atoms with E-state index in [-0.39, 0.29) is 11.9 Å². The summed E-state index contributed by atoms with van der Waals surface area (Å²) < 4.78 is 5.47. The minimum absolute atomic E-state index is 0.136. The number of thiazole rings is 1. The van der Waals surface area contributed by atoms with Gasteiger partial charge < -0.3 is 9.64 Å². The Kier molecular flexibility index (Phi) is 5.46. The van der Waals surface area contributed by atoms with Crippen LogP contribution in [-0.2, 0) is 11.2 Å². The van der Waals surface area contributed by atoms with Crippen LogP contribution in [0.25, 0.3) is 0 Å². The number of ether oxygens (including phenoxy) is 1. The third kappa shape index (κ3) is 4.00. The molecule has 4 nitrogen and oxygen atoms in total. The van der Waals surface area contributed by atoms with Gasteiger partial charge in [-0.3, -0.25) is 4.79 Å². The third-order valence-corrected chi connectivity index (χ3v) is 6.17. The summed E-state index contributed by atoms with van der Waals surface area (Å²) in [6.07, 6.45) is 2.76. The van der Waals surface area contributed by atoms with Gasteiger partial charge in [0.25, 0.3) is 5.91 Å². The quantitative estimate of drug-likeness (QED) is 0.826. The monoisotopic (exact) mass is 350 g/mol. The van der Waals surface area contributed by atoms with E-state index in [0.29, 0.717) is 0 Å². The predicted octanol–water partition coefficient (Wildman–Crippen LogP) is 3.69. The molecule has 0 saturated carbocycles. The molecule has 2 aromatic rings. The van der Waals surface area contributed by atoms with E-state index in [1.807, 2.05) is 13.8 Å². The van der Waals surface area contributed by atoms with Crippen molar-refractivity contribution in [3.63, 3.8) is 0 Å². The van der Waals surface area contributed by atoms with Crippen LogP contribution in [0.1, 0.15) is 38.1 Å². The molecule has 0 N–H and O–H groups in total. The van der Waals surface area contributed by atoms with Crippen LogP contribution in [0.2, 0.25) is 0 Å². The molecule has 0 unspecified atom stereocenters. The minimum Gasteiger partial charge on any atom is -0.381 e. The first-order chi connectivity index (χ1) is 11.1. The molecule has 1 amide bonds. The topological polar surface area (TPSA) is 42.4 Å². The summed E-state index contributed by atoms with van der Waals surface area (Å²) in [7, 11) is 0. The van der Waals surface area contributed by atoms with E-state index in [1.165, 1.54) is 16.2 Å². The first kappa shape index (κ1) is 16.6. The Bertz CT molecular complexity index is 646. The maximum atomic E-state index is 13.1. The molecule has 3 rings (SSSR count). The highest BCUT2D eigenvalue weighted by Gasteiger charge is 2.28. The Balaban J connectivity index is 1.78. The van der Waals surface area contributed by atoms with E-state index in [4.69, 9.17) is 4.74 Å². The molecule has 0 aliphatic carbocycles. The maximum absolute atomic E-state index is 13.1. The van der Waals surface area contributed by atoms with Gasteiger partial charge in [0.2, 0.25) is 0 Å². The van der Waals surface area contributed by atoms with Crippen molar-refractivity contribution in [2.45, 2.75) is 39.2 Å². The van der Waals surface area contributed by atoms with E-state index in [1.54, 1.807) is 11.3 Å². The summed E-state index contributed by atoms with van der Waals surface area (Å²) >= 11 is 3.26. The molecule has 0 radical (unpaired) electrons. The molecule has 1 saturated heterocycles. The van der Waals surface area contributed by atoms with Gasteiger partial charge in [-0.25, -0.2) is 4.98 Å². The Labute approximate surface area is 145 Å². The van der Waals surface area contributed by atoms with E-state index < -0.39 is 0 Å². The number of hydrogen-bond donors (Lipinski definition) is 0. The van der Waals surface area contributed by atoms with E-state index in [2.05, 4.69) is 27.4 Å². The molecular formula is C17H22N2O2S2. The van der Waals surface area contributed by atoms with Crippen molar-refractivity contribution in [2.24, 2.45) is 0 Å². The van der Waals surface area contributed by atoms with Crippen LogP contribution in [0, 0.1) is 13.8 Å².